The summed E-state index contributed by atoms with van der Waals surface area (Å²) in [6.07, 6.45) is 0.697. The van der Waals surface area contributed by atoms with E-state index in [1.165, 1.54) is 22.5 Å². The number of piperidine rings is 1. The fourth-order valence-electron chi connectivity index (χ4n) is 3.63. The van der Waals surface area contributed by atoms with Crippen molar-refractivity contribution in [1.82, 2.24) is 9.62 Å². The number of nitro groups is 1. The van der Waals surface area contributed by atoms with E-state index in [-0.39, 0.29) is 47.9 Å². The maximum Gasteiger partial charge on any atom is 0.270 e. The number of hydrogen-bond donors (Lipinski definition) is 1. The molecule has 2 aromatic rings. The molecule has 1 heterocycles. The third-order valence-electron chi connectivity index (χ3n) is 5.51. The van der Waals surface area contributed by atoms with Crippen LogP contribution in [0.4, 0.5) is 10.1 Å². The van der Waals surface area contributed by atoms with E-state index in [4.69, 9.17) is 0 Å². The van der Waals surface area contributed by atoms with Crippen molar-refractivity contribution in [3.8, 4) is 0 Å². The van der Waals surface area contributed by atoms with Gasteiger partial charge in [0, 0.05) is 37.7 Å². The number of sulfonamides is 1. The van der Waals surface area contributed by atoms with E-state index in [0.29, 0.717) is 24.0 Å². The van der Waals surface area contributed by atoms with Gasteiger partial charge in [-0.1, -0.05) is 18.2 Å². The van der Waals surface area contributed by atoms with Gasteiger partial charge >= 0.3 is 0 Å². The van der Waals surface area contributed by atoms with Crippen LogP contribution < -0.4 is 5.32 Å². The van der Waals surface area contributed by atoms with Crippen molar-refractivity contribution in [2.75, 3.05) is 13.1 Å². The molecule has 0 saturated carbocycles. The Kier molecular flexibility index (Phi) is 6.71. The number of nitrogens with one attached hydrogen (secondary N) is 1. The summed E-state index contributed by atoms with van der Waals surface area (Å²) in [6.45, 7) is 3.82. The maximum atomic E-state index is 13.4. The van der Waals surface area contributed by atoms with Gasteiger partial charge in [-0.05, 0) is 49.4 Å². The average Bonchev–Trinajstić information content (AvgIpc) is 2.74. The molecule has 1 saturated heterocycles. The van der Waals surface area contributed by atoms with Gasteiger partial charge in [-0.25, -0.2) is 12.8 Å². The molecule has 1 amide bonds. The molecule has 0 atom stereocenters. The van der Waals surface area contributed by atoms with Crippen LogP contribution in [0.15, 0.2) is 41.3 Å². The minimum absolute atomic E-state index is 0.0868. The Morgan fingerprint density at radius 1 is 1.16 bits per heavy atom. The van der Waals surface area contributed by atoms with Crippen molar-refractivity contribution in [3.05, 3.63) is 69.0 Å². The molecule has 0 aliphatic carbocycles. The molecule has 166 valence electrons. The van der Waals surface area contributed by atoms with Crippen LogP contribution in [0.5, 0.6) is 0 Å². The predicted octanol–water partition coefficient (Wildman–Crippen LogP) is 3.07. The van der Waals surface area contributed by atoms with Crippen molar-refractivity contribution < 1.29 is 22.5 Å². The van der Waals surface area contributed by atoms with Crippen LogP contribution in [0.25, 0.3) is 0 Å². The lowest BCUT2D eigenvalue weighted by Crippen LogP contribution is -2.43. The van der Waals surface area contributed by atoms with Crippen LogP contribution in [-0.2, 0) is 21.4 Å². The van der Waals surface area contributed by atoms with Crippen LogP contribution in [0.1, 0.15) is 29.5 Å². The Morgan fingerprint density at radius 3 is 2.45 bits per heavy atom. The summed E-state index contributed by atoms with van der Waals surface area (Å²) < 4.78 is 40.6. The summed E-state index contributed by atoms with van der Waals surface area (Å²) in [5.41, 5.74) is 1.43. The molecule has 10 heteroatoms. The topological polar surface area (TPSA) is 110 Å². The highest BCUT2D eigenvalue weighted by molar-refractivity contribution is 7.89. The van der Waals surface area contributed by atoms with E-state index in [2.05, 4.69) is 5.32 Å². The Balaban J connectivity index is 1.62. The summed E-state index contributed by atoms with van der Waals surface area (Å²) in [7, 11) is -3.90. The first-order valence-electron chi connectivity index (χ1n) is 9.87. The molecule has 0 unspecified atom stereocenters. The normalized spacial score (nSPS) is 15.6. The van der Waals surface area contributed by atoms with Gasteiger partial charge in [0.2, 0.25) is 15.9 Å². The second kappa shape index (κ2) is 9.11. The Labute approximate surface area is 180 Å². The Bertz CT molecular complexity index is 1110. The quantitative estimate of drug-likeness (QED) is 0.538. The number of carbonyl (C=O) groups excluding carboxylic acids is 1. The minimum Gasteiger partial charge on any atom is -0.352 e. The molecule has 1 aliphatic heterocycles. The number of nitrogens with zero attached hydrogens (tertiary/aromatic N) is 2. The molecule has 8 nitrogen and oxygen atoms in total. The van der Waals surface area contributed by atoms with E-state index in [0.717, 1.165) is 11.6 Å². The molecule has 0 aromatic heterocycles. The Hall–Kier alpha value is -2.85. The molecule has 3 rings (SSSR count). The number of non-ortho nitro benzene ring substituents is 1. The molecular formula is C21H24FN3O5S. The molecule has 1 fully saturated rings. The second-order valence-electron chi connectivity index (χ2n) is 7.69. The fourth-order valence-corrected chi connectivity index (χ4v) is 5.34. The molecule has 0 spiro atoms. The van der Waals surface area contributed by atoms with Crippen molar-refractivity contribution in [3.63, 3.8) is 0 Å². The lowest BCUT2D eigenvalue weighted by atomic mass is 9.97. The minimum atomic E-state index is -3.90. The SMILES string of the molecule is Cc1cc(CNC(=O)C2CCN(S(=O)(=O)c3cc([N+](=O)[O-])ccc3C)CC2)ccc1F. The van der Waals surface area contributed by atoms with Gasteiger partial charge in [0.05, 0.1) is 9.82 Å². The van der Waals surface area contributed by atoms with Crippen LogP contribution in [0, 0.1) is 35.7 Å². The van der Waals surface area contributed by atoms with E-state index in [1.807, 2.05) is 0 Å². The zero-order valence-corrected chi connectivity index (χ0v) is 18.1. The molecule has 1 N–H and O–H groups in total. The number of aryl methyl sites for hydroxylation is 2. The predicted molar refractivity (Wildman–Crippen MR) is 112 cm³/mol. The number of nitro benzene ring substituents is 1. The van der Waals surface area contributed by atoms with Gasteiger partial charge in [0.25, 0.3) is 5.69 Å². The zero-order chi connectivity index (χ0) is 22.8. The number of amides is 1. The highest BCUT2D eigenvalue weighted by Crippen LogP contribution is 2.28. The zero-order valence-electron chi connectivity index (χ0n) is 17.3. The summed E-state index contributed by atoms with van der Waals surface area (Å²) in [5, 5.41) is 13.8. The van der Waals surface area contributed by atoms with Gasteiger partial charge in [0.1, 0.15) is 5.82 Å². The molecule has 1 aliphatic rings. The van der Waals surface area contributed by atoms with Crippen LogP contribution in [0.3, 0.4) is 0 Å². The molecule has 2 aromatic carbocycles. The average molecular weight is 450 g/mol. The first-order chi connectivity index (χ1) is 14.6. The van der Waals surface area contributed by atoms with Crippen molar-refractivity contribution in [2.24, 2.45) is 5.92 Å². The third kappa shape index (κ3) is 5.08. The van der Waals surface area contributed by atoms with Crippen LogP contribution in [0.2, 0.25) is 0 Å². The lowest BCUT2D eigenvalue weighted by Gasteiger charge is -2.31. The third-order valence-corrected chi connectivity index (χ3v) is 7.55. The number of hydrogen-bond acceptors (Lipinski definition) is 5. The standard InChI is InChI=1S/C21H24FN3O5S/c1-14-3-5-18(25(27)28)12-20(14)31(29,30)24-9-7-17(8-10-24)21(26)23-13-16-4-6-19(22)15(2)11-16/h3-6,11-12,17H,7-10,13H2,1-2H3,(H,23,26). The monoisotopic (exact) mass is 449 g/mol. The smallest absolute Gasteiger partial charge is 0.270 e. The van der Waals surface area contributed by atoms with Gasteiger partial charge in [0.15, 0.2) is 0 Å². The van der Waals surface area contributed by atoms with Gasteiger partial charge in [-0.15, -0.1) is 0 Å². The maximum absolute atomic E-state index is 13.4. The van der Waals surface area contributed by atoms with Crippen LogP contribution >= 0.6 is 0 Å². The van der Waals surface area contributed by atoms with Gasteiger partial charge in [-0.3, -0.25) is 14.9 Å². The van der Waals surface area contributed by atoms with Gasteiger partial charge < -0.3 is 5.32 Å². The van der Waals surface area contributed by atoms with E-state index in [1.54, 1.807) is 26.0 Å². The highest BCUT2D eigenvalue weighted by atomic mass is 32.2. The van der Waals surface area contributed by atoms with Crippen molar-refractivity contribution >= 4 is 21.6 Å². The Morgan fingerprint density at radius 2 is 1.84 bits per heavy atom. The second-order valence-corrected chi connectivity index (χ2v) is 9.59. The van der Waals surface area contributed by atoms with E-state index >= 15 is 0 Å². The van der Waals surface area contributed by atoms with Crippen molar-refractivity contribution in [1.29, 1.82) is 0 Å². The first-order valence-corrected chi connectivity index (χ1v) is 11.3. The van der Waals surface area contributed by atoms with E-state index in [9.17, 15) is 27.7 Å². The lowest BCUT2D eigenvalue weighted by molar-refractivity contribution is -0.385. The number of rotatable bonds is 6. The van der Waals surface area contributed by atoms with Crippen LogP contribution in [-0.4, -0.2) is 36.6 Å². The molecule has 0 radical (unpaired) electrons. The number of halogens is 1. The fraction of sp³-hybridized carbons (Fsp3) is 0.381. The summed E-state index contributed by atoms with van der Waals surface area (Å²) >= 11 is 0. The number of carbonyl (C=O) groups is 1. The van der Waals surface area contributed by atoms with Gasteiger partial charge in [-0.2, -0.15) is 4.31 Å². The summed E-state index contributed by atoms with van der Waals surface area (Å²) in [6, 6.07) is 8.41. The summed E-state index contributed by atoms with van der Waals surface area (Å²) in [5.74, 6) is -0.813. The molecular weight excluding hydrogens is 425 g/mol. The highest BCUT2D eigenvalue weighted by Gasteiger charge is 2.33. The van der Waals surface area contributed by atoms with E-state index < -0.39 is 14.9 Å². The molecule has 31 heavy (non-hydrogen) atoms. The largest absolute Gasteiger partial charge is 0.352 e. The number of benzene rings is 2. The first kappa shape index (κ1) is 22.8. The van der Waals surface area contributed by atoms with Crippen molar-refractivity contribution in [2.45, 2.75) is 38.1 Å². The summed E-state index contributed by atoms with van der Waals surface area (Å²) in [4.78, 5) is 22.8. The molecule has 0 bridgehead atoms.